The predicted molar refractivity (Wildman–Crippen MR) is 120 cm³/mol. The molecule has 0 spiro atoms. The number of amides is 2. The number of aryl methyl sites for hydroxylation is 2. The summed E-state index contributed by atoms with van der Waals surface area (Å²) in [6.07, 6.45) is 2.86. The summed E-state index contributed by atoms with van der Waals surface area (Å²) in [5.74, 6) is -0.547. The number of carbonyl (C=O) groups is 2. The molecule has 8 heteroatoms. The molecule has 0 aliphatic carbocycles. The summed E-state index contributed by atoms with van der Waals surface area (Å²) >= 11 is 3.47. The SMILES string of the molecule is Cc1cc(N2CC(C(=O)N3CCCc4cc(S(C)(=O)=O)ccc43)CC2=O)ccc1Br. The lowest BCUT2D eigenvalue weighted by molar-refractivity contribution is -0.124. The van der Waals surface area contributed by atoms with E-state index in [1.807, 2.05) is 25.1 Å². The lowest BCUT2D eigenvalue weighted by atomic mass is 9.99. The largest absolute Gasteiger partial charge is 0.312 e. The van der Waals surface area contributed by atoms with E-state index < -0.39 is 15.8 Å². The van der Waals surface area contributed by atoms with Gasteiger partial charge in [-0.1, -0.05) is 15.9 Å². The van der Waals surface area contributed by atoms with E-state index in [4.69, 9.17) is 0 Å². The molecular weight excluding hydrogens is 468 g/mol. The number of carbonyl (C=O) groups excluding carboxylic acids is 2. The Bertz CT molecular complexity index is 1150. The minimum absolute atomic E-state index is 0.0558. The Kier molecular flexibility index (Phi) is 5.48. The number of rotatable bonds is 3. The first-order valence-corrected chi connectivity index (χ1v) is 12.5. The molecule has 6 nitrogen and oxygen atoms in total. The van der Waals surface area contributed by atoms with Gasteiger partial charge in [0, 0.05) is 41.6 Å². The first-order chi connectivity index (χ1) is 14.1. The molecular formula is C22H23BrN2O4S. The first-order valence-electron chi connectivity index (χ1n) is 9.86. The third kappa shape index (κ3) is 3.90. The number of sulfone groups is 1. The van der Waals surface area contributed by atoms with Gasteiger partial charge in [-0.05, 0) is 67.3 Å². The summed E-state index contributed by atoms with van der Waals surface area (Å²) < 4.78 is 24.7. The lowest BCUT2D eigenvalue weighted by Gasteiger charge is -2.31. The molecule has 2 aromatic rings. The van der Waals surface area contributed by atoms with Crippen molar-refractivity contribution in [3.63, 3.8) is 0 Å². The highest BCUT2D eigenvalue weighted by molar-refractivity contribution is 9.10. The van der Waals surface area contributed by atoms with Crippen molar-refractivity contribution >= 4 is 49.0 Å². The molecule has 158 valence electrons. The molecule has 0 aromatic heterocycles. The molecule has 2 heterocycles. The maximum absolute atomic E-state index is 13.3. The van der Waals surface area contributed by atoms with Crippen molar-refractivity contribution in [2.24, 2.45) is 5.92 Å². The van der Waals surface area contributed by atoms with Crippen LogP contribution in [-0.2, 0) is 25.8 Å². The van der Waals surface area contributed by atoms with Crippen LogP contribution >= 0.6 is 15.9 Å². The Labute approximate surface area is 184 Å². The molecule has 1 saturated heterocycles. The zero-order valence-corrected chi connectivity index (χ0v) is 19.3. The average Bonchev–Trinajstić information content (AvgIpc) is 3.09. The monoisotopic (exact) mass is 490 g/mol. The van der Waals surface area contributed by atoms with E-state index in [0.29, 0.717) is 13.1 Å². The number of benzene rings is 2. The second-order valence-corrected chi connectivity index (χ2v) is 10.9. The predicted octanol–water partition coefficient (Wildman–Crippen LogP) is 3.49. The molecule has 2 aliphatic heterocycles. The van der Waals surface area contributed by atoms with Crippen LogP contribution in [0.4, 0.5) is 11.4 Å². The standard InChI is InChI=1S/C22H23BrN2O4S/c1-14-10-17(5-7-19(14)23)25-13-16(12-21(25)26)22(27)24-9-3-4-15-11-18(30(2,28)29)6-8-20(15)24/h5-8,10-11,16H,3-4,9,12-13H2,1-2H3. The third-order valence-corrected chi connectivity index (χ3v) is 7.79. The fraction of sp³-hybridized carbons (Fsp3) is 0.364. The minimum Gasteiger partial charge on any atom is -0.312 e. The van der Waals surface area contributed by atoms with Gasteiger partial charge in [-0.25, -0.2) is 8.42 Å². The summed E-state index contributed by atoms with van der Waals surface area (Å²) in [6.45, 7) is 2.89. The van der Waals surface area contributed by atoms with Gasteiger partial charge < -0.3 is 9.80 Å². The molecule has 30 heavy (non-hydrogen) atoms. The number of anilines is 2. The number of hydrogen-bond acceptors (Lipinski definition) is 4. The molecule has 1 fully saturated rings. The van der Waals surface area contributed by atoms with Gasteiger partial charge in [-0.3, -0.25) is 9.59 Å². The quantitative estimate of drug-likeness (QED) is 0.659. The highest BCUT2D eigenvalue weighted by Crippen LogP contribution is 2.34. The number of fused-ring (bicyclic) bond motifs is 1. The van der Waals surface area contributed by atoms with Crippen molar-refractivity contribution in [2.75, 3.05) is 29.1 Å². The molecule has 2 aromatic carbocycles. The van der Waals surface area contributed by atoms with Gasteiger partial charge >= 0.3 is 0 Å². The molecule has 0 N–H and O–H groups in total. The number of halogens is 1. The summed E-state index contributed by atoms with van der Waals surface area (Å²) in [6, 6.07) is 10.7. The lowest BCUT2D eigenvalue weighted by Crippen LogP contribution is -2.40. The van der Waals surface area contributed by atoms with Gasteiger partial charge in [0.1, 0.15) is 0 Å². The first kappa shape index (κ1) is 21.1. The van der Waals surface area contributed by atoms with Crippen molar-refractivity contribution in [3.8, 4) is 0 Å². The molecule has 0 radical (unpaired) electrons. The Hall–Kier alpha value is -2.19. The Morgan fingerprint density at radius 2 is 1.93 bits per heavy atom. The molecule has 2 aliphatic rings. The third-order valence-electron chi connectivity index (χ3n) is 5.79. The fourth-order valence-electron chi connectivity index (χ4n) is 4.17. The number of nitrogens with zero attached hydrogens (tertiary/aromatic N) is 2. The van der Waals surface area contributed by atoms with Gasteiger partial charge in [0.2, 0.25) is 11.8 Å². The minimum atomic E-state index is -3.30. The second kappa shape index (κ2) is 7.81. The van der Waals surface area contributed by atoms with E-state index in [2.05, 4.69) is 15.9 Å². The Balaban J connectivity index is 1.57. The van der Waals surface area contributed by atoms with Gasteiger partial charge in [-0.15, -0.1) is 0 Å². The van der Waals surface area contributed by atoms with Crippen LogP contribution in [0.5, 0.6) is 0 Å². The van der Waals surface area contributed by atoms with Crippen molar-refractivity contribution < 1.29 is 18.0 Å². The van der Waals surface area contributed by atoms with E-state index in [-0.39, 0.29) is 23.1 Å². The highest BCUT2D eigenvalue weighted by atomic mass is 79.9. The average molecular weight is 491 g/mol. The normalized spacial score (nSPS) is 19.2. The van der Waals surface area contributed by atoms with Gasteiger partial charge in [0.15, 0.2) is 9.84 Å². The summed E-state index contributed by atoms with van der Waals surface area (Å²) in [5.41, 5.74) is 3.45. The van der Waals surface area contributed by atoms with Crippen molar-refractivity contribution in [1.82, 2.24) is 0 Å². The second-order valence-electron chi connectivity index (χ2n) is 7.99. The Morgan fingerprint density at radius 3 is 2.63 bits per heavy atom. The van der Waals surface area contributed by atoms with Gasteiger partial charge in [0.05, 0.1) is 10.8 Å². The molecule has 0 saturated carbocycles. The van der Waals surface area contributed by atoms with Crippen LogP contribution in [0.25, 0.3) is 0 Å². The molecule has 0 bridgehead atoms. The van der Waals surface area contributed by atoms with Crippen LogP contribution in [0.2, 0.25) is 0 Å². The van der Waals surface area contributed by atoms with Crippen LogP contribution in [0.15, 0.2) is 45.8 Å². The molecule has 4 rings (SSSR count). The van der Waals surface area contributed by atoms with Crippen LogP contribution < -0.4 is 9.80 Å². The fourth-order valence-corrected chi connectivity index (χ4v) is 5.09. The molecule has 1 unspecified atom stereocenters. The summed E-state index contributed by atoms with van der Waals surface area (Å²) in [7, 11) is -3.30. The van der Waals surface area contributed by atoms with Gasteiger partial charge in [-0.2, -0.15) is 0 Å². The van der Waals surface area contributed by atoms with Crippen LogP contribution in [-0.4, -0.2) is 39.6 Å². The maximum atomic E-state index is 13.3. The van der Waals surface area contributed by atoms with E-state index in [1.165, 1.54) is 6.26 Å². The maximum Gasteiger partial charge on any atom is 0.232 e. The van der Waals surface area contributed by atoms with Crippen molar-refractivity contribution in [3.05, 3.63) is 52.0 Å². The van der Waals surface area contributed by atoms with Gasteiger partial charge in [0.25, 0.3) is 0 Å². The topological polar surface area (TPSA) is 74.8 Å². The van der Waals surface area contributed by atoms with Crippen LogP contribution in [0, 0.1) is 12.8 Å². The summed E-state index contributed by atoms with van der Waals surface area (Å²) in [5, 5.41) is 0. The van der Waals surface area contributed by atoms with E-state index >= 15 is 0 Å². The smallest absolute Gasteiger partial charge is 0.232 e. The zero-order valence-electron chi connectivity index (χ0n) is 16.9. The molecule has 2 amide bonds. The highest BCUT2D eigenvalue weighted by Gasteiger charge is 2.38. The van der Waals surface area contributed by atoms with E-state index in [9.17, 15) is 18.0 Å². The summed E-state index contributed by atoms with van der Waals surface area (Å²) in [4.78, 5) is 29.6. The Morgan fingerprint density at radius 1 is 1.17 bits per heavy atom. The zero-order chi connectivity index (χ0) is 21.6. The van der Waals surface area contributed by atoms with Crippen LogP contribution in [0.1, 0.15) is 24.0 Å². The van der Waals surface area contributed by atoms with Crippen LogP contribution in [0.3, 0.4) is 0 Å². The van der Waals surface area contributed by atoms with E-state index in [0.717, 1.165) is 39.8 Å². The molecule has 1 atom stereocenters. The van der Waals surface area contributed by atoms with Crippen molar-refractivity contribution in [2.45, 2.75) is 31.1 Å². The van der Waals surface area contributed by atoms with E-state index in [1.54, 1.807) is 28.0 Å². The van der Waals surface area contributed by atoms with Crippen molar-refractivity contribution in [1.29, 1.82) is 0 Å². The number of hydrogen-bond donors (Lipinski definition) is 0.